The van der Waals surface area contributed by atoms with Gasteiger partial charge in [-0.1, -0.05) is 6.07 Å². The number of nitrogens with zero attached hydrogens (tertiary/aromatic N) is 5. The zero-order valence-electron chi connectivity index (χ0n) is 17.2. The minimum absolute atomic E-state index is 0.134. The highest BCUT2D eigenvalue weighted by molar-refractivity contribution is 5.97. The van der Waals surface area contributed by atoms with Crippen molar-refractivity contribution < 1.29 is 9.18 Å². The van der Waals surface area contributed by atoms with E-state index in [1.807, 2.05) is 24.0 Å². The number of nitrogens with one attached hydrogen (secondary N) is 1. The van der Waals surface area contributed by atoms with Gasteiger partial charge in [-0.25, -0.2) is 19.3 Å². The average Bonchev–Trinajstić information content (AvgIpc) is 3.17. The first-order valence-corrected chi connectivity index (χ1v) is 10.00. The number of hydrogen-bond acceptors (Lipinski definition) is 6. The van der Waals surface area contributed by atoms with E-state index < -0.39 is 5.82 Å². The van der Waals surface area contributed by atoms with E-state index in [2.05, 4.69) is 33.3 Å². The standard InChI is InChI=1S/C23H21FN6O/c1-14-3-6-18(9-19(14)22-27-12-17(24)13-28-22)29-23(31)20-7-4-15(2)30(20)21-8-5-16(10-25)11-26-21/h3,5-6,8-9,11-13,15,20H,4,7H2,1-2H3,(H,29,31)/t15-,20+/m0/s1. The van der Waals surface area contributed by atoms with Gasteiger partial charge < -0.3 is 10.2 Å². The lowest BCUT2D eigenvalue weighted by molar-refractivity contribution is -0.117. The van der Waals surface area contributed by atoms with Crippen LogP contribution in [0.4, 0.5) is 15.9 Å². The number of anilines is 2. The quantitative estimate of drug-likeness (QED) is 0.694. The maximum atomic E-state index is 13.2. The number of amides is 1. The van der Waals surface area contributed by atoms with Crippen molar-refractivity contribution in [2.75, 3.05) is 10.2 Å². The molecule has 1 N–H and O–H groups in total. The second-order valence-corrected chi connectivity index (χ2v) is 7.61. The van der Waals surface area contributed by atoms with E-state index in [1.165, 1.54) is 6.20 Å². The lowest BCUT2D eigenvalue weighted by Crippen LogP contribution is -2.43. The zero-order valence-corrected chi connectivity index (χ0v) is 17.2. The van der Waals surface area contributed by atoms with Gasteiger partial charge in [0.15, 0.2) is 11.6 Å². The molecule has 1 saturated heterocycles. The molecule has 0 saturated carbocycles. The van der Waals surface area contributed by atoms with Crippen LogP contribution in [-0.4, -0.2) is 32.9 Å². The number of hydrogen-bond donors (Lipinski definition) is 1. The SMILES string of the molecule is Cc1ccc(NC(=O)[C@H]2CC[C@H](C)N2c2ccc(C#N)cn2)cc1-c1ncc(F)cn1. The van der Waals surface area contributed by atoms with Gasteiger partial charge in [0.1, 0.15) is 17.9 Å². The summed E-state index contributed by atoms with van der Waals surface area (Å²) >= 11 is 0. The molecular formula is C23H21FN6O. The Kier molecular flexibility index (Phi) is 5.58. The lowest BCUT2D eigenvalue weighted by Gasteiger charge is -2.29. The molecule has 0 radical (unpaired) electrons. The van der Waals surface area contributed by atoms with E-state index in [1.54, 1.807) is 18.2 Å². The monoisotopic (exact) mass is 416 g/mol. The molecular weight excluding hydrogens is 395 g/mol. The Bertz CT molecular complexity index is 1140. The molecule has 8 heteroatoms. The molecule has 0 unspecified atom stereocenters. The Morgan fingerprint density at radius 2 is 1.94 bits per heavy atom. The molecule has 4 rings (SSSR count). The van der Waals surface area contributed by atoms with Crippen LogP contribution in [0.25, 0.3) is 11.4 Å². The zero-order chi connectivity index (χ0) is 22.0. The smallest absolute Gasteiger partial charge is 0.247 e. The van der Waals surface area contributed by atoms with Crippen molar-refractivity contribution in [3.8, 4) is 17.5 Å². The number of nitriles is 1. The molecule has 0 bridgehead atoms. The van der Waals surface area contributed by atoms with Gasteiger partial charge in [-0.3, -0.25) is 4.79 Å². The van der Waals surface area contributed by atoms with Crippen molar-refractivity contribution in [2.24, 2.45) is 0 Å². The molecule has 2 atom stereocenters. The summed E-state index contributed by atoms with van der Waals surface area (Å²) in [4.78, 5) is 27.6. The van der Waals surface area contributed by atoms with Crippen molar-refractivity contribution in [2.45, 2.75) is 38.8 Å². The molecule has 2 aromatic heterocycles. The van der Waals surface area contributed by atoms with Gasteiger partial charge >= 0.3 is 0 Å². The highest BCUT2D eigenvalue weighted by Gasteiger charge is 2.36. The highest BCUT2D eigenvalue weighted by atomic mass is 19.1. The number of aromatic nitrogens is 3. The van der Waals surface area contributed by atoms with Gasteiger partial charge in [-0.15, -0.1) is 0 Å². The number of carbonyl (C=O) groups is 1. The Morgan fingerprint density at radius 3 is 2.61 bits per heavy atom. The summed E-state index contributed by atoms with van der Waals surface area (Å²) in [6.45, 7) is 3.97. The van der Waals surface area contributed by atoms with Gasteiger partial charge in [-0.05, 0) is 56.5 Å². The van der Waals surface area contributed by atoms with Crippen LogP contribution in [-0.2, 0) is 4.79 Å². The summed E-state index contributed by atoms with van der Waals surface area (Å²) in [6, 6.07) is 10.8. The number of aryl methyl sites for hydroxylation is 1. The van der Waals surface area contributed by atoms with E-state index in [0.29, 0.717) is 29.3 Å². The van der Waals surface area contributed by atoms with Crippen LogP contribution in [0.1, 0.15) is 30.9 Å². The van der Waals surface area contributed by atoms with Crippen LogP contribution < -0.4 is 10.2 Å². The van der Waals surface area contributed by atoms with Gasteiger partial charge in [0.2, 0.25) is 5.91 Å². The maximum absolute atomic E-state index is 13.2. The molecule has 0 aliphatic carbocycles. The van der Waals surface area contributed by atoms with Crippen molar-refractivity contribution in [1.29, 1.82) is 5.26 Å². The first-order chi connectivity index (χ1) is 15.0. The van der Waals surface area contributed by atoms with Crippen molar-refractivity contribution >= 4 is 17.4 Å². The predicted octanol–water partition coefficient (Wildman–Crippen LogP) is 3.85. The third-order valence-corrected chi connectivity index (χ3v) is 5.48. The molecule has 3 aromatic rings. The number of carbonyl (C=O) groups excluding carboxylic acids is 1. The van der Waals surface area contributed by atoms with Crippen LogP contribution in [0.3, 0.4) is 0 Å². The van der Waals surface area contributed by atoms with E-state index in [0.717, 1.165) is 29.9 Å². The summed E-state index contributed by atoms with van der Waals surface area (Å²) in [6.07, 6.45) is 5.33. The number of rotatable bonds is 4. The largest absolute Gasteiger partial charge is 0.342 e. The predicted molar refractivity (Wildman–Crippen MR) is 115 cm³/mol. The van der Waals surface area contributed by atoms with Gasteiger partial charge in [0.25, 0.3) is 0 Å². The molecule has 1 aliphatic heterocycles. The summed E-state index contributed by atoms with van der Waals surface area (Å²) in [5.74, 6) is 0.435. The second-order valence-electron chi connectivity index (χ2n) is 7.61. The maximum Gasteiger partial charge on any atom is 0.247 e. The molecule has 1 fully saturated rings. The van der Waals surface area contributed by atoms with Gasteiger partial charge in [-0.2, -0.15) is 5.26 Å². The highest BCUT2D eigenvalue weighted by Crippen LogP contribution is 2.30. The number of benzene rings is 1. The van der Waals surface area contributed by atoms with E-state index in [9.17, 15) is 9.18 Å². The molecule has 156 valence electrons. The molecule has 1 amide bonds. The average molecular weight is 416 g/mol. The molecule has 0 spiro atoms. The van der Waals surface area contributed by atoms with Crippen LogP contribution >= 0.6 is 0 Å². The fourth-order valence-electron chi connectivity index (χ4n) is 3.85. The molecule has 1 aromatic carbocycles. The summed E-state index contributed by atoms with van der Waals surface area (Å²) in [7, 11) is 0. The van der Waals surface area contributed by atoms with E-state index in [4.69, 9.17) is 5.26 Å². The third-order valence-electron chi connectivity index (χ3n) is 5.48. The lowest BCUT2D eigenvalue weighted by atomic mass is 10.1. The molecule has 31 heavy (non-hydrogen) atoms. The van der Waals surface area contributed by atoms with Crippen LogP contribution in [0, 0.1) is 24.1 Å². The van der Waals surface area contributed by atoms with E-state index in [-0.39, 0.29) is 18.0 Å². The number of halogens is 1. The van der Waals surface area contributed by atoms with Crippen molar-refractivity contribution in [1.82, 2.24) is 15.0 Å². The molecule has 3 heterocycles. The minimum atomic E-state index is -0.502. The van der Waals surface area contributed by atoms with Crippen LogP contribution in [0.5, 0.6) is 0 Å². The Hall–Kier alpha value is -3.86. The fourth-order valence-corrected chi connectivity index (χ4v) is 3.85. The molecule has 1 aliphatic rings. The van der Waals surface area contributed by atoms with Crippen LogP contribution in [0.15, 0.2) is 48.9 Å². The fraction of sp³-hybridized carbons (Fsp3) is 0.261. The summed E-state index contributed by atoms with van der Waals surface area (Å²) < 4.78 is 13.2. The molecule has 7 nitrogen and oxygen atoms in total. The van der Waals surface area contributed by atoms with Gasteiger partial charge in [0.05, 0.1) is 18.0 Å². The van der Waals surface area contributed by atoms with E-state index >= 15 is 0 Å². The van der Waals surface area contributed by atoms with Crippen molar-refractivity contribution in [3.63, 3.8) is 0 Å². The normalized spacial score (nSPS) is 17.9. The minimum Gasteiger partial charge on any atom is -0.342 e. The third kappa shape index (κ3) is 4.21. The first kappa shape index (κ1) is 20.4. The summed E-state index contributed by atoms with van der Waals surface area (Å²) in [5.41, 5.74) is 2.74. The second kappa shape index (κ2) is 8.48. The summed E-state index contributed by atoms with van der Waals surface area (Å²) in [5, 5.41) is 12.0. The topological polar surface area (TPSA) is 94.8 Å². The first-order valence-electron chi connectivity index (χ1n) is 10.00. The van der Waals surface area contributed by atoms with Crippen molar-refractivity contribution in [3.05, 3.63) is 65.9 Å². The Morgan fingerprint density at radius 1 is 1.16 bits per heavy atom. The van der Waals surface area contributed by atoms with Crippen LogP contribution in [0.2, 0.25) is 0 Å². The number of pyridine rings is 1. The Balaban J connectivity index is 1.56. The van der Waals surface area contributed by atoms with Gasteiger partial charge in [0, 0.05) is 23.5 Å². The Labute approximate surface area is 179 Å².